The van der Waals surface area contributed by atoms with Crippen molar-refractivity contribution >= 4 is 28.2 Å². The van der Waals surface area contributed by atoms with Crippen LogP contribution in [-0.2, 0) is 28.8 Å². The van der Waals surface area contributed by atoms with E-state index in [4.69, 9.17) is 9.47 Å². The Morgan fingerprint density at radius 3 is 2.60 bits per heavy atom. The van der Waals surface area contributed by atoms with Gasteiger partial charge in [-0.3, -0.25) is 9.59 Å². The molecular weight excluding hydrogens is 400 g/mol. The predicted octanol–water partition coefficient (Wildman–Crippen LogP) is 3.97. The second kappa shape index (κ2) is 11.1. The first-order valence-corrected chi connectivity index (χ1v) is 11.3. The Bertz CT molecular complexity index is 861. The molecule has 0 saturated carbocycles. The van der Waals surface area contributed by atoms with Crippen molar-refractivity contribution in [1.82, 2.24) is 5.32 Å². The summed E-state index contributed by atoms with van der Waals surface area (Å²) in [5.74, 6) is 0.627. The first kappa shape index (κ1) is 22.3. The summed E-state index contributed by atoms with van der Waals surface area (Å²) in [4.78, 5) is 26.7. The molecule has 3 rings (SSSR count). The lowest BCUT2D eigenvalue weighted by Gasteiger charge is -2.13. The summed E-state index contributed by atoms with van der Waals surface area (Å²) in [6.45, 7) is 1.17. The molecule has 1 aliphatic carbocycles. The molecule has 7 heteroatoms. The van der Waals surface area contributed by atoms with E-state index in [0.717, 1.165) is 49.0 Å². The van der Waals surface area contributed by atoms with E-state index in [1.54, 1.807) is 25.6 Å². The molecule has 1 aromatic heterocycles. The van der Waals surface area contributed by atoms with E-state index in [1.165, 1.54) is 4.88 Å². The molecule has 1 heterocycles. The quantitative estimate of drug-likeness (QED) is 0.559. The summed E-state index contributed by atoms with van der Waals surface area (Å²) >= 11 is 1.55. The summed E-state index contributed by atoms with van der Waals surface area (Å²) in [5.41, 5.74) is 2.85. The lowest BCUT2D eigenvalue weighted by Crippen LogP contribution is -2.27. The smallest absolute Gasteiger partial charge is 0.254 e. The molecule has 0 saturated heterocycles. The summed E-state index contributed by atoms with van der Waals surface area (Å²) in [7, 11) is 3.28. The van der Waals surface area contributed by atoms with Gasteiger partial charge in [0, 0.05) is 31.6 Å². The molecule has 1 aromatic carbocycles. The number of thiophene rings is 1. The van der Waals surface area contributed by atoms with Crippen molar-refractivity contribution in [2.24, 2.45) is 0 Å². The molecule has 0 bridgehead atoms. The van der Waals surface area contributed by atoms with E-state index in [-0.39, 0.29) is 11.8 Å². The minimum Gasteiger partial charge on any atom is -0.497 e. The topological polar surface area (TPSA) is 76.7 Å². The normalized spacial score (nSPS) is 12.9. The van der Waals surface area contributed by atoms with E-state index in [1.807, 2.05) is 24.3 Å². The second-order valence-corrected chi connectivity index (χ2v) is 8.52. The minimum absolute atomic E-state index is 0.0714. The predicted molar refractivity (Wildman–Crippen MR) is 120 cm³/mol. The maximum atomic E-state index is 12.9. The van der Waals surface area contributed by atoms with Gasteiger partial charge in [-0.25, -0.2) is 0 Å². The Kier molecular flexibility index (Phi) is 8.28. The van der Waals surface area contributed by atoms with Crippen LogP contribution in [0.1, 0.15) is 52.0 Å². The largest absolute Gasteiger partial charge is 0.497 e. The van der Waals surface area contributed by atoms with Crippen molar-refractivity contribution in [3.63, 3.8) is 0 Å². The molecule has 0 aliphatic heterocycles. The van der Waals surface area contributed by atoms with Gasteiger partial charge in [-0.05, 0) is 61.8 Å². The van der Waals surface area contributed by atoms with Gasteiger partial charge in [-0.1, -0.05) is 12.1 Å². The molecular formula is C23H30N2O4S. The van der Waals surface area contributed by atoms with Crippen LogP contribution < -0.4 is 15.4 Å². The van der Waals surface area contributed by atoms with Crippen LogP contribution in [0.15, 0.2) is 24.3 Å². The van der Waals surface area contributed by atoms with Gasteiger partial charge in [0.05, 0.1) is 12.7 Å². The molecule has 2 N–H and O–H groups in total. The van der Waals surface area contributed by atoms with E-state index >= 15 is 0 Å². The van der Waals surface area contributed by atoms with Gasteiger partial charge in [0.25, 0.3) is 5.91 Å². The summed E-state index contributed by atoms with van der Waals surface area (Å²) < 4.78 is 10.2. The molecule has 1 aliphatic rings. The lowest BCUT2D eigenvalue weighted by molar-refractivity contribution is -0.116. The number of benzene rings is 1. The number of hydrogen-bond acceptors (Lipinski definition) is 5. The maximum absolute atomic E-state index is 12.9. The molecule has 6 nitrogen and oxygen atoms in total. The third-order valence-electron chi connectivity index (χ3n) is 5.26. The third kappa shape index (κ3) is 5.83. The highest BCUT2D eigenvalue weighted by Crippen LogP contribution is 2.38. The monoisotopic (exact) mass is 430 g/mol. The SMILES string of the molecule is COCCCNC(=O)c1c(NC(=O)CCc2ccc(OC)cc2)sc2c1CCCC2. The molecule has 0 spiro atoms. The number of carbonyl (C=O) groups is 2. The number of aryl methyl sites for hydroxylation is 2. The second-order valence-electron chi connectivity index (χ2n) is 7.41. The first-order chi connectivity index (χ1) is 14.6. The number of nitrogens with one attached hydrogen (secondary N) is 2. The van der Waals surface area contributed by atoms with Crippen LogP contribution in [0.3, 0.4) is 0 Å². The number of methoxy groups -OCH3 is 2. The highest BCUT2D eigenvalue weighted by molar-refractivity contribution is 7.17. The Labute approximate surface area is 182 Å². The van der Waals surface area contributed by atoms with E-state index in [9.17, 15) is 9.59 Å². The number of amides is 2. The summed E-state index contributed by atoms with van der Waals surface area (Å²) in [6, 6.07) is 7.73. The zero-order valence-corrected chi connectivity index (χ0v) is 18.5. The fraction of sp³-hybridized carbons (Fsp3) is 0.478. The van der Waals surface area contributed by atoms with Gasteiger partial charge in [-0.15, -0.1) is 11.3 Å². The number of rotatable bonds is 10. The van der Waals surface area contributed by atoms with Gasteiger partial charge in [-0.2, -0.15) is 0 Å². The van der Waals surface area contributed by atoms with Crippen LogP contribution in [0.25, 0.3) is 0 Å². The van der Waals surface area contributed by atoms with Gasteiger partial charge in [0.1, 0.15) is 10.8 Å². The molecule has 0 unspecified atom stereocenters. The first-order valence-electron chi connectivity index (χ1n) is 10.5. The molecule has 30 heavy (non-hydrogen) atoms. The summed E-state index contributed by atoms with van der Waals surface area (Å²) in [5, 5.41) is 6.68. The fourth-order valence-electron chi connectivity index (χ4n) is 3.64. The third-order valence-corrected chi connectivity index (χ3v) is 6.47. The molecule has 0 atom stereocenters. The maximum Gasteiger partial charge on any atom is 0.254 e. The number of anilines is 1. The Hall–Kier alpha value is -2.38. The number of fused-ring (bicyclic) bond motifs is 1. The average molecular weight is 431 g/mol. The van der Waals surface area contributed by atoms with Crippen LogP contribution in [0.5, 0.6) is 5.75 Å². The van der Waals surface area contributed by atoms with E-state index in [2.05, 4.69) is 10.6 Å². The Morgan fingerprint density at radius 2 is 1.87 bits per heavy atom. The Balaban J connectivity index is 1.65. The average Bonchev–Trinajstić information content (AvgIpc) is 3.13. The van der Waals surface area contributed by atoms with Crippen LogP contribution in [0.2, 0.25) is 0 Å². The minimum atomic E-state index is -0.101. The molecule has 0 radical (unpaired) electrons. The highest BCUT2D eigenvalue weighted by atomic mass is 32.1. The Morgan fingerprint density at radius 1 is 1.10 bits per heavy atom. The number of ether oxygens (including phenoxy) is 2. The van der Waals surface area contributed by atoms with Gasteiger partial charge >= 0.3 is 0 Å². The molecule has 0 fully saturated rings. The lowest BCUT2D eigenvalue weighted by atomic mass is 9.95. The van der Waals surface area contributed by atoms with Crippen LogP contribution >= 0.6 is 11.3 Å². The molecule has 2 amide bonds. The molecule has 2 aromatic rings. The van der Waals surface area contributed by atoms with Crippen molar-refractivity contribution in [2.75, 3.05) is 32.7 Å². The van der Waals surface area contributed by atoms with Gasteiger partial charge in [0.15, 0.2) is 0 Å². The fourth-order valence-corrected chi connectivity index (χ4v) is 4.94. The van der Waals surface area contributed by atoms with Crippen LogP contribution in [-0.4, -0.2) is 39.2 Å². The molecule has 162 valence electrons. The van der Waals surface area contributed by atoms with Crippen molar-refractivity contribution in [2.45, 2.75) is 44.9 Å². The number of carbonyl (C=O) groups excluding carboxylic acids is 2. The van der Waals surface area contributed by atoms with Crippen LogP contribution in [0.4, 0.5) is 5.00 Å². The zero-order valence-electron chi connectivity index (χ0n) is 17.7. The van der Waals surface area contributed by atoms with Crippen molar-refractivity contribution < 1.29 is 19.1 Å². The highest BCUT2D eigenvalue weighted by Gasteiger charge is 2.26. The standard InChI is InChI=1S/C23H30N2O4S/c1-28-15-5-14-24-22(27)21-18-6-3-4-7-19(18)30-23(21)25-20(26)13-10-16-8-11-17(29-2)12-9-16/h8-9,11-12H,3-7,10,13-15H2,1-2H3,(H,24,27)(H,25,26). The van der Waals surface area contributed by atoms with E-state index in [0.29, 0.717) is 36.6 Å². The van der Waals surface area contributed by atoms with Crippen molar-refractivity contribution in [3.05, 3.63) is 45.8 Å². The van der Waals surface area contributed by atoms with Crippen LogP contribution in [0, 0.1) is 0 Å². The van der Waals surface area contributed by atoms with Gasteiger partial charge < -0.3 is 20.1 Å². The van der Waals surface area contributed by atoms with Gasteiger partial charge in [0.2, 0.25) is 5.91 Å². The van der Waals surface area contributed by atoms with E-state index < -0.39 is 0 Å². The number of hydrogen-bond donors (Lipinski definition) is 2. The zero-order chi connectivity index (χ0) is 21.3. The van der Waals surface area contributed by atoms with Crippen molar-refractivity contribution in [3.8, 4) is 5.75 Å². The summed E-state index contributed by atoms with van der Waals surface area (Å²) in [6.07, 6.45) is 5.85. The van der Waals surface area contributed by atoms with Crippen molar-refractivity contribution in [1.29, 1.82) is 0 Å².